The number of rotatable bonds is 4. The molecular formula is C17H22N4OS. The monoisotopic (exact) mass is 330 g/mol. The second kappa shape index (κ2) is 5.03. The number of anilines is 1. The van der Waals surface area contributed by atoms with Gasteiger partial charge in [-0.3, -0.25) is 4.79 Å². The lowest BCUT2D eigenvalue weighted by atomic mass is 9.86. The number of hydrogen-bond acceptors (Lipinski definition) is 5. The number of nitrogens with two attached hydrogens (primary N) is 1. The Bertz CT molecular complexity index is 738. The summed E-state index contributed by atoms with van der Waals surface area (Å²) in [6.45, 7) is 8.13. The molecule has 6 heteroatoms. The second-order valence-electron chi connectivity index (χ2n) is 7.36. The number of nitrogen functional groups attached to an aromatic ring is 1. The second-order valence-corrected chi connectivity index (χ2v) is 8.37. The van der Waals surface area contributed by atoms with Crippen LogP contribution in [-0.2, 0) is 15.7 Å². The molecule has 1 heterocycles. The minimum absolute atomic E-state index is 0.0347. The molecular weight excluding hydrogens is 308 g/mol. The summed E-state index contributed by atoms with van der Waals surface area (Å²) in [5, 5.41) is 12.2. The topological polar surface area (TPSA) is 80.9 Å². The first-order valence-electron chi connectivity index (χ1n) is 7.67. The maximum atomic E-state index is 13.2. The largest absolute Gasteiger partial charge is 0.374 e. The summed E-state index contributed by atoms with van der Waals surface area (Å²) in [4.78, 5) is 13.2. The van der Waals surface area contributed by atoms with Crippen molar-refractivity contribution in [3.8, 4) is 0 Å². The van der Waals surface area contributed by atoms with Gasteiger partial charge in [-0.15, -0.1) is 10.2 Å². The van der Waals surface area contributed by atoms with Gasteiger partial charge in [0.15, 0.2) is 0 Å². The minimum atomic E-state index is -0.604. The number of carbonyl (C=O) groups excluding carboxylic acids is 1. The number of carbonyl (C=O) groups is 1. The van der Waals surface area contributed by atoms with Gasteiger partial charge in [0.05, 0.1) is 11.0 Å². The lowest BCUT2D eigenvalue weighted by molar-refractivity contribution is -0.126. The van der Waals surface area contributed by atoms with Gasteiger partial charge in [-0.2, -0.15) is 0 Å². The van der Waals surface area contributed by atoms with E-state index >= 15 is 0 Å². The fraction of sp³-hybridized carbons (Fsp3) is 0.471. The molecule has 2 aromatic rings. The highest BCUT2D eigenvalue weighted by Crippen LogP contribution is 2.64. The lowest BCUT2D eigenvalue weighted by Gasteiger charge is -2.28. The van der Waals surface area contributed by atoms with Crippen LogP contribution in [0.3, 0.4) is 0 Å². The van der Waals surface area contributed by atoms with Gasteiger partial charge in [0.25, 0.3) is 0 Å². The van der Waals surface area contributed by atoms with E-state index in [1.807, 2.05) is 44.2 Å². The van der Waals surface area contributed by atoms with Gasteiger partial charge in [0.2, 0.25) is 11.0 Å². The van der Waals surface area contributed by atoms with Gasteiger partial charge in [-0.25, -0.2) is 0 Å². The number of aromatic nitrogens is 2. The van der Waals surface area contributed by atoms with E-state index in [0.717, 1.165) is 12.0 Å². The molecule has 0 bridgehead atoms. The molecule has 3 rings (SSSR count). The van der Waals surface area contributed by atoms with Crippen LogP contribution in [0.2, 0.25) is 0 Å². The molecule has 0 saturated heterocycles. The highest BCUT2D eigenvalue weighted by Gasteiger charge is 2.67. The van der Waals surface area contributed by atoms with Crippen LogP contribution < -0.4 is 11.1 Å². The van der Waals surface area contributed by atoms with Crippen molar-refractivity contribution in [1.82, 2.24) is 15.5 Å². The predicted octanol–water partition coefficient (Wildman–Crippen LogP) is 2.84. The number of hydrogen-bond donors (Lipinski definition) is 2. The zero-order chi connectivity index (χ0) is 16.9. The molecule has 0 unspecified atom stereocenters. The molecule has 1 aliphatic carbocycles. The molecule has 1 aliphatic rings. The van der Waals surface area contributed by atoms with Crippen molar-refractivity contribution in [1.29, 1.82) is 0 Å². The van der Waals surface area contributed by atoms with Crippen molar-refractivity contribution in [3.63, 3.8) is 0 Å². The minimum Gasteiger partial charge on any atom is -0.374 e. The summed E-state index contributed by atoms with van der Waals surface area (Å²) in [6, 6.07) is 10.00. The van der Waals surface area contributed by atoms with Gasteiger partial charge >= 0.3 is 0 Å². The molecule has 5 nitrogen and oxygen atoms in total. The fourth-order valence-corrected chi connectivity index (χ4v) is 3.95. The number of benzene rings is 1. The van der Waals surface area contributed by atoms with Crippen LogP contribution >= 0.6 is 11.3 Å². The summed E-state index contributed by atoms with van der Waals surface area (Å²) in [6.07, 6.45) is 0.837. The SMILES string of the molecule is CC(C)(NC(=O)[C@@]1(c2ccccc2)CC1(C)C)c1nnc(N)s1. The first kappa shape index (κ1) is 15.9. The fourth-order valence-electron chi connectivity index (χ4n) is 3.28. The summed E-state index contributed by atoms with van der Waals surface area (Å²) < 4.78 is 0. The van der Waals surface area contributed by atoms with Crippen molar-refractivity contribution < 1.29 is 4.79 Å². The van der Waals surface area contributed by atoms with E-state index in [0.29, 0.717) is 10.1 Å². The van der Waals surface area contributed by atoms with Gasteiger partial charge in [0, 0.05) is 0 Å². The summed E-state index contributed by atoms with van der Waals surface area (Å²) in [7, 11) is 0. The maximum absolute atomic E-state index is 13.2. The molecule has 1 aromatic carbocycles. The van der Waals surface area contributed by atoms with Crippen molar-refractivity contribution in [2.45, 2.75) is 45.1 Å². The molecule has 1 fully saturated rings. The Morgan fingerprint density at radius 3 is 2.35 bits per heavy atom. The molecule has 0 radical (unpaired) electrons. The van der Waals surface area contributed by atoms with E-state index in [9.17, 15) is 4.79 Å². The third-order valence-corrected chi connectivity index (χ3v) is 5.87. The molecule has 0 spiro atoms. The molecule has 1 saturated carbocycles. The van der Waals surface area contributed by atoms with Crippen molar-refractivity contribution >= 4 is 22.4 Å². The van der Waals surface area contributed by atoms with Crippen LogP contribution in [-0.4, -0.2) is 16.1 Å². The zero-order valence-corrected chi connectivity index (χ0v) is 14.7. The van der Waals surface area contributed by atoms with Crippen LogP contribution in [0.1, 0.15) is 44.7 Å². The quantitative estimate of drug-likeness (QED) is 0.903. The van der Waals surface area contributed by atoms with E-state index in [1.54, 1.807) is 0 Å². The van der Waals surface area contributed by atoms with Crippen molar-refractivity contribution in [2.24, 2.45) is 5.41 Å². The third-order valence-electron chi connectivity index (χ3n) is 4.79. The molecule has 1 atom stereocenters. The maximum Gasteiger partial charge on any atom is 0.231 e. The Morgan fingerprint density at radius 1 is 1.26 bits per heavy atom. The lowest BCUT2D eigenvalue weighted by Crippen LogP contribution is -2.47. The number of nitrogens with one attached hydrogen (secondary N) is 1. The molecule has 3 N–H and O–H groups in total. The average Bonchev–Trinajstić information content (AvgIpc) is 2.83. The summed E-state index contributed by atoms with van der Waals surface area (Å²) in [5.41, 5.74) is 5.59. The van der Waals surface area contributed by atoms with E-state index in [-0.39, 0.29) is 11.3 Å². The van der Waals surface area contributed by atoms with Crippen molar-refractivity contribution in [2.75, 3.05) is 5.73 Å². The Labute approximate surface area is 140 Å². The van der Waals surface area contributed by atoms with E-state index in [2.05, 4.69) is 29.4 Å². The Hall–Kier alpha value is -1.95. The zero-order valence-electron chi connectivity index (χ0n) is 13.9. The van der Waals surface area contributed by atoms with Crippen LogP contribution in [0, 0.1) is 5.41 Å². The predicted molar refractivity (Wildman–Crippen MR) is 92.0 cm³/mol. The molecule has 122 valence electrons. The average molecular weight is 330 g/mol. The van der Waals surface area contributed by atoms with E-state index in [1.165, 1.54) is 11.3 Å². The van der Waals surface area contributed by atoms with Gasteiger partial charge < -0.3 is 11.1 Å². The van der Waals surface area contributed by atoms with Crippen LogP contribution in [0.25, 0.3) is 0 Å². The van der Waals surface area contributed by atoms with E-state index in [4.69, 9.17) is 5.73 Å². The molecule has 23 heavy (non-hydrogen) atoms. The van der Waals surface area contributed by atoms with Gasteiger partial charge in [-0.05, 0) is 31.2 Å². The Kier molecular flexibility index (Phi) is 3.48. The van der Waals surface area contributed by atoms with Gasteiger partial charge in [0.1, 0.15) is 5.01 Å². The number of amides is 1. The summed E-state index contributed by atoms with van der Waals surface area (Å²) >= 11 is 1.30. The van der Waals surface area contributed by atoms with Crippen LogP contribution in [0.5, 0.6) is 0 Å². The first-order valence-corrected chi connectivity index (χ1v) is 8.48. The standard InChI is InChI=1S/C17H22N4OS/c1-15(2)10-17(15,11-8-6-5-7-9-11)12(22)19-16(3,4)13-20-21-14(18)23-13/h5-9H,10H2,1-4H3,(H2,18,21)(H,19,22)/t17-/m0/s1. The highest BCUT2D eigenvalue weighted by atomic mass is 32.1. The Balaban J connectivity index is 1.90. The molecule has 1 amide bonds. The molecule has 1 aromatic heterocycles. The molecule has 0 aliphatic heterocycles. The van der Waals surface area contributed by atoms with Crippen LogP contribution in [0.4, 0.5) is 5.13 Å². The third kappa shape index (κ3) is 2.51. The smallest absolute Gasteiger partial charge is 0.231 e. The van der Waals surface area contributed by atoms with Gasteiger partial charge in [-0.1, -0.05) is 55.5 Å². The first-order chi connectivity index (χ1) is 10.7. The number of nitrogens with zero attached hydrogens (tertiary/aromatic N) is 2. The van der Waals surface area contributed by atoms with E-state index < -0.39 is 11.0 Å². The van der Waals surface area contributed by atoms with Crippen LogP contribution in [0.15, 0.2) is 30.3 Å². The van der Waals surface area contributed by atoms with Crippen molar-refractivity contribution in [3.05, 3.63) is 40.9 Å². The normalized spacial score (nSPS) is 22.6. The highest BCUT2D eigenvalue weighted by molar-refractivity contribution is 7.15. The summed E-state index contributed by atoms with van der Waals surface area (Å²) in [5.74, 6) is 0.0347. The Morgan fingerprint density at radius 2 is 1.87 bits per heavy atom.